The minimum atomic E-state index is 0.0874. The van der Waals surface area contributed by atoms with Crippen LogP contribution in [0.3, 0.4) is 0 Å². The second-order valence-electron chi connectivity index (χ2n) is 6.23. The Morgan fingerprint density at radius 1 is 1.39 bits per heavy atom. The van der Waals surface area contributed by atoms with Crippen LogP contribution in [0, 0.1) is 0 Å². The Morgan fingerprint density at radius 2 is 2.11 bits per heavy atom. The molecule has 1 amide bonds. The molecule has 0 aliphatic carbocycles. The fourth-order valence-electron chi connectivity index (χ4n) is 2.31. The third-order valence-electron chi connectivity index (χ3n) is 3.33. The van der Waals surface area contributed by atoms with E-state index in [0.29, 0.717) is 12.5 Å². The van der Waals surface area contributed by atoms with E-state index in [9.17, 15) is 4.79 Å². The number of likely N-dealkylation sites (N-methyl/N-ethyl adjacent to an activating group) is 1. The number of piperidine rings is 1. The van der Waals surface area contributed by atoms with Gasteiger partial charge in [-0.15, -0.1) is 0 Å². The van der Waals surface area contributed by atoms with Crippen LogP contribution >= 0.6 is 0 Å². The standard InChI is InChI=1S/C14H29N3O/c1-5-17-10-6-7-12(11-17)16-13(18)8-9-15-14(2,3)4/h12,15H,5-11H2,1-4H3,(H,16,18). The highest BCUT2D eigenvalue weighted by molar-refractivity contribution is 5.76. The molecule has 1 unspecified atom stereocenters. The van der Waals surface area contributed by atoms with Gasteiger partial charge < -0.3 is 15.5 Å². The average Bonchev–Trinajstić information content (AvgIpc) is 2.27. The van der Waals surface area contributed by atoms with E-state index in [1.165, 1.54) is 13.0 Å². The number of nitrogens with one attached hydrogen (secondary N) is 2. The van der Waals surface area contributed by atoms with E-state index in [1.807, 2.05) is 0 Å². The molecule has 1 rings (SSSR count). The van der Waals surface area contributed by atoms with Crippen molar-refractivity contribution in [2.45, 2.75) is 58.5 Å². The van der Waals surface area contributed by atoms with Crippen molar-refractivity contribution in [1.82, 2.24) is 15.5 Å². The molecule has 2 N–H and O–H groups in total. The van der Waals surface area contributed by atoms with Gasteiger partial charge in [0, 0.05) is 31.1 Å². The Kier molecular flexibility index (Phi) is 6.09. The molecule has 4 heteroatoms. The van der Waals surface area contributed by atoms with Crippen molar-refractivity contribution in [2.75, 3.05) is 26.2 Å². The van der Waals surface area contributed by atoms with Crippen LogP contribution < -0.4 is 10.6 Å². The lowest BCUT2D eigenvalue weighted by Crippen LogP contribution is -2.48. The Balaban J connectivity index is 2.19. The molecule has 0 radical (unpaired) electrons. The van der Waals surface area contributed by atoms with E-state index in [1.54, 1.807) is 0 Å². The largest absolute Gasteiger partial charge is 0.352 e. The number of hydrogen-bond acceptors (Lipinski definition) is 3. The first-order valence-electron chi connectivity index (χ1n) is 7.17. The number of amides is 1. The maximum absolute atomic E-state index is 11.8. The zero-order chi connectivity index (χ0) is 13.6. The maximum atomic E-state index is 11.8. The van der Waals surface area contributed by atoms with Crippen LogP contribution in [0.4, 0.5) is 0 Å². The highest BCUT2D eigenvalue weighted by atomic mass is 16.1. The number of hydrogen-bond donors (Lipinski definition) is 2. The third kappa shape index (κ3) is 6.36. The van der Waals surface area contributed by atoms with Crippen molar-refractivity contribution in [2.24, 2.45) is 0 Å². The van der Waals surface area contributed by atoms with Crippen LogP contribution in [0.5, 0.6) is 0 Å². The smallest absolute Gasteiger partial charge is 0.221 e. The van der Waals surface area contributed by atoms with Gasteiger partial charge in [0.2, 0.25) is 5.91 Å². The normalized spacial score (nSPS) is 21.9. The molecule has 18 heavy (non-hydrogen) atoms. The second-order valence-corrected chi connectivity index (χ2v) is 6.23. The summed E-state index contributed by atoms with van der Waals surface area (Å²) in [6, 6.07) is 0.348. The average molecular weight is 255 g/mol. The minimum Gasteiger partial charge on any atom is -0.352 e. The Morgan fingerprint density at radius 3 is 2.72 bits per heavy atom. The van der Waals surface area contributed by atoms with Gasteiger partial charge in [-0.1, -0.05) is 6.92 Å². The molecule has 1 aliphatic heterocycles. The van der Waals surface area contributed by atoms with Crippen molar-refractivity contribution in [1.29, 1.82) is 0 Å². The number of carbonyl (C=O) groups is 1. The molecule has 0 saturated carbocycles. The van der Waals surface area contributed by atoms with Gasteiger partial charge in [0.1, 0.15) is 0 Å². The monoisotopic (exact) mass is 255 g/mol. The Labute approximate surface area is 111 Å². The SMILES string of the molecule is CCN1CCCC(NC(=O)CCNC(C)(C)C)C1. The predicted molar refractivity (Wildman–Crippen MR) is 75.7 cm³/mol. The third-order valence-corrected chi connectivity index (χ3v) is 3.33. The van der Waals surface area contributed by atoms with E-state index >= 15 is 0 Å². The number of carbonyl (C=O) groups excluding carboxylic acids is 1. The molecule has 1 atom stereocenters. The van der Waals surface area contributed by atoms with Crippen LogP contribution in [0.15, 0.2) is 0 Å². The van der Waals surface area contributed by atoms with E-state index in [4.69, 9.17) is 0 Å². The first kappa shape index (κ1) is 15.4. The first-order chi connectivity index (χ1) is 8.40. The first-order valence-corrected chi connectivity index (χ1v) is 7.17. The van der Waals surface area contributed by atoms with E-state index in [-0.39, 0.29) is 11.4 Å². The van der Waals surface area contributed by atoms with Crippen LogP contribution in [-0.2, 0) is 4.79 Å². The molecule has 0 bridgehead atoms. The summed E-state index contributed by atoms with van der Waals surface area (Å²) in [5.41, 5.74) is 0.0874. The van der Waals surface area contributed by atoms with Gasteiger partial charge >= 0.3 is 0 Å². The molecular weight excluding hydrogens is 226 g/mol. The molecule has 106 valence electrons. The summed E-state index contributed by atoms with van der Waals surface area (Å²) in [6.07, 6.45) is 2.88. The number of rotatable bonds is 5. The van der Waals surface area contributed by atoms with E-state index < -0.39 is 0 Å². The van der Waals surface area contributed by atoms with Gasteiger partial charge in [0.05, 0.1) is 0 Å². The van der Waals surface area contributed by atoms with Gasteiger partial charge in [-0.2, -0.15) is 0 Å². The van der Waals surface area contributed by atoms with Crippen LogP contribution in [-0.4, -0.2) is 48.6 Å². The van der Waals surface area contributed by atoms with Crippen molar-refractivity contribution >= 4 is 5.91 Å². The predicted octanol–water partition coefficient (Wildman–Crippen LogP) is 1.37. The molecule has 0 aromatic rings. The Hall–Kier alpha value is -0.610. The fraction of sp³-hybridized carbons (Fsp3) is 0.929. The highest BCUT2D eigenvalue weighted by Crippen LogP contribution is 2.09. The van der Waals surface area contributed by atoms with Crippen LogP contribution in [0.2, 0.25) is 0 Å². The molecule has 0 aromatic heterocycles. The number of nitrogens with zero attached hydrogens (tertiary/aromatic N) is 1. The second kappa shape index (κ2) is 7.10. The lowest BCUT2D eigenvalue weighted by Gasteiger charge is -2.32. The quantitative estimate of drug-likeness (QED) is 0.780. The lowest BCUT2D eigenvalue weighted by atomic mass is 10.1. The summed E-state index contributed by atoms with van der Waals surface area (Å²) in [5.74, 6) is 0.176. The molecule has 4 nitrogen and oxygen atoms in total. The summed E-state index contributed by atoms with van der Waals surface area (Å²) in [4.78, 5) is 14.2. The van der Waals surface area contributed by atoms with Gasteiger partial charge in [-0.25, -0.2) is 0 Å². The summed E-state index contributed by atoms with van der Waals surface area (Å²) in [6.45, 7) is 12.5. The molecular formula is C14H29N3O. The maximum Gasteiger partial charge on any atom is 0.221 e. The van der Waals surface area contributed by atoms with Crippen LogP contribution in [0.25, 0.3) is 0 Å². The van der Waals surface area contributed by atoms with Gasteiger partial charge in [0.25, 0.3) is 0 Å². The summed E-state index contributed by atoms with van der Waals surface area (Å²) < 4.78 is 0. The van der Waals surface area contributed by atoms with E-state index in [0.717, 1.165) is 26.1 Å². The van der Waals surface area contributed by atoms with Crippen molar-refractivity contribution in [3.8, 4) is 0 Å². The zero-order valence-corrected chi connectivity index (χ0v) is 12.4. The number of likely N-dealkylation sites (tertiary alicyclic amines) is 1. The van der Waals surface area contributed by atoms with Crippen molar-refractivity contribution < 1.29 is 4.79 Å². The van der Waals surface area contributed by atoms with Gasteiger partial charge in [0.15, 0.2) is 0 Å². The highest BCUT2D eigenvalue weighted by Gasteiger charge is 2.20. The molecule has 1 saturated heterocycles. The minimum absolute atomic E-state index is 0.0874. The Bertz CT molecular complexity index is 260. The molecule has 0 spiro atoms. The van der Waals surface area contributed by atoms with Crippen molar-refractivity contribution in [3.63, 3.8) is 0 Å². The zero-order valence-electron chi connectivity index (χ0n) is 12.4. The molecule has 1 fully saturated rings. The lowest BCUT2D eigenvalue weighted by molar-refractivity contribution is -0.122. The summed E-state index contributed by atoms with van der Waals surface area (Å²) in [5, 5.41) is 6.49. The van der Waals surface area contributed by atoms with Gasteiger partial charge in [-0.05, 0) is 46.7 Å². The summed E-state index contributed by atoms with van der Waals surface area (Å²) in [7, 11) is 0. The van der Waals surface area contributed by atoms with Crippen molar-refractivity contribution in [3.05, 3.63) is 0 Å². The topological polar surface area (TPSA) is 44.4 Å². The van der Waals surface area contributed by atoms with Crippen LogP contribution in [0.1, 0.15) is 47.0 Å². The fourth-order valence-corrected chi connectivity index (χ4v) is 2.31. The van der Waals surface area contributed by atoms with E-state index in [2.05, 4.69) is 43.2 Å². The molecule has 1 aliphatic rings. The molecule has 1 heterocycles. The van der Waals surface area contributed by atoms with Gasteiger partial charge in [-0.3, -0.25) is 4.79 Å². The summed E-state index contributed by atoms with van der Waals surface area (Å²) >= 11 is 0. The molecule has 0 aromatic carbocycles.